The number of hydrogen-bond donors (Lipinski definition) is 0. The maximum absolute atomic E-state index is 12.8. The van der Waals surface area contributed by atoms with Crippen LogP contribution in [0.1, 0.15) is 23.5 Å². The Balaban J connectivity index is 1.54. The Morgan fingerprint density at radius 3 is 2.84 bits per heavy atom. The zero-order valence-electron chi connectivity index (χ0n) is 14.5. The number of likely N-dealkylation sites (tertiary alicyclic amines) is 1. The topological polar surface area (TPSA) is 34.5 Å². The molecule has 2 aliphatic rings. The average Bonchev–Trinajstić information content (AvgIpc) is 3.24. The fraction of sp³-hybridized carbons (Fsp3) is 0.381. The highest BCUT2D eigenvalue weighted by atomic mass is 16.5. The highest BCUT2D eigenvalue weighted by molar-refractivity contribution is 5.92. The highest BCUT2D eigenvalue weighted by Gasteiger charge is 2.45. The fourth-order valence-electron chi connectivity index (χ4n) is 4.20. The van der Waals surface area contributed by atoms with Gasteiger partial charge in [0.25, 0.3) is 0 Å². The summed E-state index contributed by atoms with van der Waals surface area (Å²) < 4.78 is 7.72. The van der Waals surface area contributed by atoms with Gasteiger partial charge in [0.2, 0.25) is 5.91 Å². The van der Waals surface area contributed by atoms with Gasteiger partial charge in [-0.15, -0.1) is 0 Å². The number of hydrogen-bond acceptors (Lipinski definition) is 2. The molecule has 2 aliphatic heterocycles. The lowest BCUT2D eigenvalue weighted by atomic mass is 9.84. The summed E-state index contributed by atoms with van der Waals surface area (Å²) in [5, 5.41) is 0. The lowest BCUT2D eigenvalue weighted by Crippen LogP contribution is -2.41. The van der Waals surface area contributed by atoms with Gasteiger partial charge in [0.15, 0.2) is 0 Å². The van der Waals surface area contributed by atoms with E-state index in [1.54, 1.807) is 6.08 Å². The minimum absolute atomic E-state index is 0.110. The number of benzene rings is 1. The van der Waals surface area contributed by atoms with E-state index in [4.69, 9.17) is 4.74 Å². The molecule has 0 unspecified atom stereocenters. The highest BCUT2D eigenvalue weighted by Crippen LogP contribution is 2.40. The number of aromatic nitrogens is 1. The summed E-state index contributed by atoms with van der Waals surface area (Å²) in [6.07, 6.45) is 8.55. The van der Waals surface area contributed by atoms with E-state index < -0.39 is 0 Å². The SMILES string of the molecule is Cn1ccc(/C=C/C(=O)N2C[C@H](c3ccccc3)[C@@H]3COCC[C@@H]32)c1. The summed E-state index contributed by atoms with van der Waals surface area (Å²) >= 11 is 0. The van der Waals surface area contributed by atoms with Gasteiger partial charge in [0.1, 0.15) is 0 Å². The van der Waals surface area contributed by atoms with Crippen molar-refractivity contribution < 1.29 is 9.53 Å². The van der Waals surface area contributed by atoms with E-state index in [9.17, 15) is 4.79 Å². The Bertz CT molecular complexity index is 765. The molecule has 1 aromatic heterocycles. The number of aryl methyl sites for hydroxylation is 1. The second-order valence-corrected chi connectivity index (χ2v) is 7.05. The molecule has 1 aromatic carbocycles. The first-order valence-electron chi connectivity index (χ1n) is 8.96. The number of nitrogens with zero attached hydrogens (tertiary/aromatic N) is 2. The summed E-state index contributed by atoms with van der Waals surface area (Å²) in [6, 6.07) is 12.8. The molecule has 0 saturated carbocycles. The summed E-state index contributed by atoms with van der Waals surface area (Å²) in [4.78, 5) is 14.9. The van der Waals surface area contributed by atoms with Gasteiger partial charge < -0.3 is 14.2 Å². The first-order chi connectivity index (χ1) is 12.2. The van der Waals surface area contributed by atoms with Gasteiger partial charge in [-0.25, -0.2) is 0 Å². The maximum atomic E-state index is 12.8. The van der Waals surface area contributed by atoms with Crippen molar-refractivity contribution in [2.75, 3.05) is 19.8 Å². The van der Waals surface area contributed by atoms with Gasteiger partial charge in [-0.05, 0) is 29.7 Å². The molecule has 0 spiro atoms. The van der Waals surface area contributed by atoms with Crippen LogP contribution >= 0.6 is 0 Å². The van der Waals surface area contributed by atoms with Gasteiger partial charge in [0.05, 0.1) is 6.61 Å². The van der Waals surface area contributed by atoms with Crippen LogP contribution < -0.4 is 0 Å². The Hall–Kier alpha value is -2.33. The van der Waals surface area contributed by atoms with E-state index >= 15 is 0 Å². The molecule has 2 saturated heterocycles. The summed E-state index contributed by atoms with van der Waals surface area (Å²) in [5.74, 6) is 0.866. The Labute approximate surface area is 148 Å². The molecule has 2 fully saturated rings. The molecule has 4 heteroatoms. The molecule has 1 amide bonds. The first-order valence-corrected chi connectivity index (χ1v) is 8.96. The third kappa shape index (κ3) is 3.27. The number of rotatable bonds is 3. The van der Waals surface area contributed by atoms with Crippen LogP contribution in [0.4, 0.5) is 0 Å². The molecular weight excluding hydrogens is 312 g/mol. The normalized spacial score (nSPS) is 26.1. The predicted molar refractivity (Wildman–Crippen MR) is 98.1 cm³/mol. The van der Waals surface area contributed by atoms with E-state index in [0.717, 1.165) is 31.7 Å². The number of amides is 1. The van der Waals surface area contributed by atoms with Crippen molar-refractivity contribution in [1.82, 2.24) is 9.47 Å². The second-order valence-electron chi connectivity index (χ2n) is 7.05. The molecule has 0 N–H and O–H groups in total. The third-order valence-electron chi connectivity index (χ3n) is 5.46. The molecule has 0 aliphatic carbocycles. The lowest BCUT2D eigenvalue weighted by molar-refractivity contribution is -0.128. The zero-order chi connectivity index (χ0) is 17.2. The van der Waals surface area contributed by atoms with Crippen molar-refractivity contribution in [2.24, 2.45) is 13.0 Å². The fourth-order valence-corrected chi connectivity index (χ4v) is 4.20. The van der Waals surface area contributed by atoms with Gasteiger partial charge >= 0.3 is 0 Å². The monoisotopic (exact) mass is 336 g/mol. The minimum atomic E-state index is 0.110. The molecule has 25 heavy (non-hydrogen) atoms. The van der Waals surface area contributed by atoms with Crippen molar-refractivity contribution >= 4 is 12.0 Å². The quantitative estimate of drug-likeness (QED) is 0.808. The molecule has 3 heterocycles. The molecule has 4 rings (SSSR count). The van der Waals surface area contributed by atoms with Crippen LogP contribution in [0.3, 0.4) is 0 Å². The maximum Gasteiger partial charge on any atom is 0.246 e. The first kappa shape index (κ1) is 16.2. The van der Waals surface area contributed by atoms with Crippen LogP contribution in [0.25, 0.3) is 6.08 Å². The zero-order valence-corrected chi connectivity index (χ0v) is 14.5. The summed E-state index contributed by atoms with van der Waals surface area (Å²) in [6.45, 7) is 2.27. The van der Waals surface area contributed by atoms with Crippen molar-refractivity contribution in [1.29, 1.82) is 0 Å². The predicted octanol–water partition coefficient (Wildman–Crippen LogP) is 3.07. The molecule has 130 valence electrons. The van der Waals surface area contributed by atoms with Crippen LogP contribution in [0.2, 0.25) is 0 Å². The van der Waals surface area contributed by atoms with Gasteiger partial charge in [-0.2, -0.15) is 0 Å². The van der Waals surface area contributed by atoms with E-state index in [1.165, 1.54) is 5.56 Å². The average molecular weight is 336 g/mol. The van der Waals surface area contributed by atoms with Gasteiger partial charge in [-0.3, -0.25) is 4.79 Å². The molecular formula is C21H24N2O2. The molecule has 3 atom stereocenters. The Morgan fingerprint density at radius 2 is 2.08 bits per heavy atom. The summed E-state index contributed by atoms with van der Waals surface area (Å²) in [7, 11) is 1.98. The third-order valence-corrected chi connectivity index (χ3v) is 5.46. The van der Waals surface area contributed by atoms with Crippen LogP contribution in [-0.4, -0.2) is 41.2 Å². The summed E-state index contributed by atoms with van der Waals surface area (Å²) in [5.41, 5.74) is 2.36. The minimum Gasteiger partial charge on any atom is -0.381 e. The number of carbonyl (C=O) groups excluding carboxylic acids is 1. The van der Waals surface area contributed by atoms with Gasteiger partial charge in [0, 0.05) is 56.5 Å². The van der Waals surface area contributed by atoms with E-state index in [2.05, 4.69) is 29.2 Å². The standard InChI is InChI=1S/C21H24N2O2/c1-22-11-9-16(13-22)7-8-21(24)23-14-18(17-5-3-2-4-6-17)19-15-25-12-10-20(19)23/h2-9,11,13,18-20H,10,12,14-15H2,1H3/b8-7+/t18-,19+,20+/m1/s1. The second kappa shape index (κ2) is 6.89. The van der Waals surface area contributed by atoms with Crippen LogP contribution in [0.5, 0.6) is 0 Å². The largest absolute Gasteiger partial charge is 0.381 e. The van der Waals surface area contributed by atoms with Crippen LogP contribution in [0, 0.1) is 5.92 Å². The van der Waals surface area contributed by atoms with Crippen LogP contribution in [-0.2, 0) is 16.6 Å². The van der Waals surface area contributed by atoms with E-state index in [1.807, 2.05) is 42.2 Å². The van der Waals surface area contributed by atoms with Crippen LogP contribution in [0.15, 0.2) is 54.9 Å². The molecule has 0 radical (unpaired) electrons. The molecule has 2 aromatic rings. The Kier molecular flexibility index (Phi) is 4.45. The van der Waals surface area contributed by atoms with Gasteiger partial charge in [-0.1, -0.05) is 30.3 Å². The number of carbonyl (C=O) groups is 1. The number of fused-ring (bicyclic) bond motifs is 1. The van der Waals surface area contributed by atoms with Crippen molar-refractivity contribution in [2.45, 2.75) is 18.4 Å². The smallest absolute Gasteiger partial charge is 0.246 e. The Morgan fingerprint density at radius 1 is 1.24 bits per heavy atom. The molecule has 4 nitrogen and oxygen atoms in total. The van der Waals surface area contributed by atoms with Crippen molar-refractivity contribution in [3.63, 3.8) is 0 Å². The lowest BCUT2D eigenvalue weighted by Gasteiger charge is -2.32. The van der Waals surface area contributed by atoms with Crippen molar-refractivity contribution in [3.8, 4) is 0 Å². The number of ether oxygens (including phenoxy) is 1. The van der Waals surface area contributed by atoms with Crippen molar-refractivity contribution in [3.05, 3.63) is 66.0 Å². The molecule has 0 bridgehead atoms. The van der Waals surface area contributed by atoms with E-state index in [0.29, 0.717) is 11.8 Å². The van der Waals surface area contributed by atoms with E-state index in [-0.39, 0.29) is 11.9 Å².